The van der Waals surface area contributed by atoms with Crippen LogP contribution in [-0.4, -0.2) is 24.4 Å². The Morgan fingerprint density at radius 3 is 1.79 bits per heavy atom. The van der Waals surface area contributed by atoms with Gasteiger partial charge in [0.1, 0.15) is 6.29 Å². The Balaban J connectivity index is -0.00000144. The molecule has 0 aliphatic heterocycles. The number of unbranched alkanes of at least 4 members (excludes halogenated alkanes) is 8. The molecule has 0 heterocycles. The molecule has 0 aromatic heterocycles. The van der Waals surface area contributed by atoms with E-state index in [2.05, 4.69) is 0 Å². The molecule has 0 saturated heterocycles. The molecule has 5 nitrogen and oxygen atoms in total. The fourth-order valence-electron chi connectivity index (χ4n) is 1.69. The van der Waals surface area contributed by atoms with E-state index < -0.39 is 15.2 Å². The van der Waals surface area contributed by atoms with Crippen molar-refractivity contribution in [1.29, 1.82) is 0 Å². The summed E-state index contributed by atoms with van der Waals surface area (Å²) in [7, 11) is -4.48. The second kappa shape index (κ2) is 13.2. The standard InChI is InChI=1S/C12H22O5S.Na.H/c13-11-9-7-5-3-1-2-4-6-8-10-12(14)18(15,16)17;;/h11H,1-10H2,(H,15,16,17);;/q;+1;-1. The maximum Gasteiger partial charge on any atom is 1.00 e. The minimum atomic E-state index is -4.48. The van der Waals surface area contributed by atoms with Gasteiger partial charge >= 0.3 is 39.7 Å². The van der Waals surface area contributed by atoms with Gasteiger partial charge in [0.05, 0.1) is 0 Å². The summed E-state index contributed by atoms with van der Waals surface area (Å²) in [6.45, 7) is 0. The number of rotatable bonds is 11. The van der Waals surface area contributed by atoms with Gasteiger partial charge in [-0.2, -0.15) is 8.42 Å². The van der Waals surface area contributed by atoms with Crippen LogP contribution >= 0.6 is 0 Å². The van der Waals surface area contributed by atoms with E-state index in [0.29, 0.717) is 12.8 Å². The predicted molar refractivity (Wildman–Crippen MR) is 69.9 cm³/mol. The Kier molecular flexibility index (Phi) is 15.0. The van der Waals surface area contributed by atoms with Gasteiger partial charge < -0.3 is 6.22 Å². The molecule has 0 fully saturated rings. The molecule has 0 aliphatic rings. The van der Waals surface area contributed by atoms with Crippen molar-refractivity contribution in [2.75, 3.05) is 0 Å². The van der Waals surface area contributed by atoms with Crippen molar-refractivity contribution in [2.24, 2.45) is 0 Å². The molecule has 0 atom stereocenters. The van der Waals surface area contributed by atoms with E-state index in [1.165, 1.54) is 0 Å². The van der Waals surface area contributed by atoms with Crippen molar-refractivity contribution < 1.29 is 53.5 Å². The zero-order valence-electron chi connectivity index (χ0n) is 12.6. The number of carbonyl (C=O) groups is 2. The van der Waals surface area contributed by atoms with E-state index in [1.807, 2.05) is 0 Å². The monoisotopic (exact) mass is 302 g/mol. The third kappa shape index (κ3) is 14.5. The van der Waals surface area contributed by atoms with Crippen LogP contribution in [0.1, 0.15) is 65.6 Å². The quantitative estimate of drug-likeness (QED) is 0.243. The first-order chi connectivity index (χ1) is 8.48. The van der Waals surface area contributed by atoms with Crippen molar-refractivity contribution in [1.82, 2.24) is 0 Å². The van der Waals surface area contributed by atoms with E-state index in [0.717, 1.165) is 51.2 Å². The minimum absolute atomic E-state index is 0. The third-order valence-corrected chi connectivity index (χ3v) is 3.52. The van der Waals surface area contributed by atoms with Crippen molar-refractivity contribution in [3.63, 3.8) is 0 Å². The Morgan fingerprint density at radius 1 is 0.947 bits per heavy atom. The summed E-state index contributed by atoms with van der Waals surface area (Å²) in [6.07, 6.45) is 9.03. The molecular formula is C12H23NaO5S. The van der Waals surface area contributed by atoms with Crippen molar-refractivity contribution in [3.05, 3.63) is 0 Å². The maximum absolute atomic E-state index is 10.8. The number of aldehydes is 1. The van der Waals surface area contributed by atoms with E-state index >= 15 is 0 Å². The third-order valence-electron chi connectivity index (χ3n) is 2.74. The molecular weight excluding hydrogens is 279 g/mol. The van der Waals surface area contributed by atoms with Crippen molar-refractivity contribution >= 4 is 21.5 Å². The summed E-state index contributed by atoms with van der Waals surface area (Å²) in [4.78, 5) is 20.9. The molecule has 0 radical (unpaired) electrons. The molecule has 0 rings (SSSR count). The van der Waals surface area contributed by atoms with Gasteiger partial charge in [-0.05, 0) is 12.8 Å². The molecule has 0 aromatic carbocycles. The molecule has 0 spiro atoms. The summed E-state index contributed by atoms with van der Waals surface area (Å²) in [6, 6.07) is 0. The first-order valence-corrected chi connectivity index (χ1v) is 7.86. The molecule has 0 unspecified atom stereocenters. The molecule has 108 valence electrons. The topological polar surface area (TPSA) is 88.5 Å². The van der Waals surface area contributed by atoms with Gasteiger partial charge in [-0.25, -0.2) is 0 Å². The van der Waals surface area contributed by atoms with E-state index in [1.54, 1.807) is 0 Å². The normalized spacial score (nSPS) is 10.8. The summed E-state index contributed by atoms with van der Waals surface area (Å²) in [5.74, 6) is 0. The van der Waals surface area contributed by atoms with Gasteiger partial charge in [-0.3, -0.25) is 9.35 Å². The summed E-state index contributed by atoms with van der Waals surface area (Å²) < 4.78 is 29.2. The predicted octanol–water partition coefficient (Wildman–Crippen LogP) is -0.383. The fourth-order valence-corrected chi connectivity index (χ4v) is 2.09. The van der Waals surface area contributed by atoms with Gasteiger partial charge in [0.15, 0.2) is 0 Å². The Labute approximate surface area is 139 Å². The second-order valence-electron chi connectivity index (χ2n) is 4.38. The van der Waals surface area contributed by atoms with Crippen LogP contribution in [-0.2, 0) is 19.7 Å². The van der Waals surface area contributed by atoms with Crippen molar-refractivity contribution in [3.8, 4) is 0 Å². The van der Waals surface area contributed by atoms with Crippen LogP contribution in [0.5, 0.6) is 0 Å². The van der Waals surface area contributed by atoms with Gasteiger partial charge in [-0.15, -0.1) is 0 Å². The molecule has 19 heavy (non-hydrogen) atoms. The van der Waals surface area contributed by atoms with Crippen LogP contribution in [0.2, 0.25) is 0 Å². The first kappa shape index (κ1) is 21.5. The fraction of sp³-hybridized carbons (Fsp3) is 0.833. The molecule has 1 N–H and O–H groups in total. The van der Waals surface area contributed by atoms with Crippen LogP contribution in [0.4, 0.5) is 0 Å². The molecule has 7 heteroatoms. The van der Waals surface area contributed by atoms with Gasteiger partial charge in [0.2, 0.25) is 0 Å². The van der Waals surface area contributed by atoms with Crippen molar-refractivity contribution in [2.45, 2.75) is 64.2 Å². The summed E-state index contributed by atoms with van der Waals surface area (Å²) >= 11 is 0. The smallest absolute Gasteiger partial charge is 1.00 e. The minimum Gasteiger partial charge on any atom is -1.00 e. The zero-order chi connectivity index (χ0) is 13.9. The Hall–Kier alpha value is 0.250. The number of hydrogen-bond acceptors (Lipinski definition) is 4. The SMILES string of the molecule is O=CCCCCCCCCCCC(=O)S(=O)(=O)O.[H-].[Na+]. The van der Waals surface area contributed by atoms with Gasteiger partial charge in [0, 0.05) is 12.8 Å². The zero-order valence-corrected chi connectivity index (χ0v) is 14.5. The average molecular weight is 302 g/mol. The number of hydrogen-bond donors (Lipinski definition) is 1. The Morgan fingerprint density at radius 2 is 1.37 bits per heavy atom. The van der Waals surface area contributed by atoms with Crippen LogP contribution < -0.4 is 29.6 Å². The molecule has 0 aliphatic carbocycles. The van der Waals surface area contributed by atoms with E-state index in [-0.39, 0.29) is 37.4 Å². The van der Waals surface area contributed by atoms with Gasteiger partial charge in [0.25, 0.3) is 5.12 Å². The van der Waals surface area contributed by atoms with Crippen LogP contribution in [0, 0.1) is 0 Å². The Bertz CT molecular complexity index is 346. The summed E-state index contributed by atoms with van der Waals surface area (Å²) in [5, 5.41) is -1.09. The molecule has 0 bridgehead atoms. The summed E-state index contributed by atoms with van der Waals surface area (Å²) in [5.41, 5.74) is 0. The van der Waals surface area contributed by atoms with Crippen LogP contribution in [0.15, 0.2) is 0 Å². The van der Waals surface area contributed by atoms with E-state index in [4.69, 9.17) is 4.55 Å². The first-order valence-electron chi connectivity index (χ1n) is 6.42. The maximum atomic E-state index is 10.8. The van der Waals surface area contributed by atoms with Gasteiger partial charge in [-0.1, -0.05) is 38.5 Å². The average Bonchev–Trinajstić information content (AvgIpc) is 2.30. The molecule has 0 amide bonds. The van der Waals surface area contributed by atoms with E-state index in [9.17, 15) is 18.0 Å². The largest absolute Gasteiger partial charge is 1.00 e. The molecule has 0 aromatic rings. The number of carbonyl (C=O) groups excluding carboxylic acids is 2. The van der Waals surface area contributed by atoms with Crippen LogP contribution in [0.3, 0.4) is 0 Å². The molecule has 0 saturated carbocycles. The van der Waals surface area contributed by atoms with Crippen LogP contribution in [0.25, 0.3) is 0 Å². The second-order valence-corrected chi connectivity index (χ2v) is 5.79.